The topological polar surface area (TPSA) is 84.6 Å². The highest BCUT2D eigenvalue weighted by Crippen LogP contribution is 2.24. The van der Waals surface area contributed by atoms with Crippen LogP contribution in [0, 0.1) is 5.82 Å². The molecule has 0 aliphatic carbocycles. The van der Waals surface area contributed by atoms with Crippen LogP contribution < -0.4 is 11.1 Å². The molecule has 0 saturated carbocycles. The number of nitrogens with two attached hydrogens (primary N) is 1. The summed E-state index contributed by atoms with van der Waals surface area (Å²) in [5.74, 6) is -0.516. The number of rotatable bonds is 3. The number of halogens is 1. The van der Waals surface area contributed by atoms with Crippen LogP contribution >= 0.6 is 0 Å². The Hall–Kier alpha value is -1.66. The molecule has 0 radical (unpaired) electrons. The summed E-state index contributed by atoms with van der Waals surface area (Å²) in [6.45, 7) is 5.11. The minimum Gasteiger partial charge on any atom is -0.444 e. The van der Waals surface area contributed by atoms with Gasteiger partial charge >= 0.3 is 6.09 Å². The minimum atomic E-state index is -1.05. The molecule has 0 unspecified atom stereocenters. The predicted molar refractivity (Wildman–Crippen MR) is 70.3 cm³/mol. The van der Waals surface area contributed by atoms with Crippen molar-refractivity contribution < 1.29 is 19.0 Å². The number of aliphatic hydroxyl groups is 1. The number of hydrogen-bond acceptors (Lipinski definition) is 4. The number of carbonyl (C=O) groups is 1. The SMILES string of the molecule is CC(C)(C)OC(=O)Nc1ccc(F)cc1[C@@H](O)CN. The standard InChI is InChI=1S/C13H19FN2O3/c1-13(2,3)19-12(18)16-10-5-4-8(14)6-9(10)11(17)7-15/h4-6,11,17H,7,15H2,1-3H3,(H,16,18)/t11-/m0/s1. The lowest BCUT2D eigenvalue weighted by Gasteiger charge is -2.21. The van der Waals surface area contributed by atoms with Crippen LogP contribution in [0.15, 0.2) is 18.2 Å². The summed E-state index contributed by atoms with van der Waals surface area (Å²) in [7, 11) is 0. The third-order valence-corrected chi connectivity index (χ3v) is 2.23. The van der Waals surface area contributed by atoms with Crippen LogP contribution in [0.3, 0.4) is 0 Å². The Morgan fingerprint density at radius 2 is 2.16 bits per heavy atom. The van der Waals surface area contributed by atoms with Crippen molar-refractivity contribution in [1.29, 1.82) is 0 Å². The summed E-state index contributed by atoms with van der Waals surface area (Å²) < 4.78 is 18.2. The highest BCUT2D eigenvalue weighted by molar-refractivity contribution is 5.86. The van der Waals surface area contributed by atoms with Crippen LogP contribution in [0.2, 0.25) is 0 Å². The van der Waals surface area contributed by atoms with Crippen LogP contribution in [0.25, 0.3) is 0 Å². The van der Waals surface area contributed by atoms with E-state index >= 15 is 0 Å². The van der Waals surface area contributed by atoms with E-state index in [1.807, 2.05) is 0 Å². The molecule has 0 heterocycles. The van der Waals surface area contributed by atoms with Gasteiger partial charge in [0.1, 0.15) is 11.4 Å². The summed E-state index contributed by atoms with van der Waals surface area (Å²) in [6, 6.07) is 3.66. The summed E-state index contributed by atoms with van der Waals surface area (Å²) in [4.78, 5) is 11.6. The molecule has 106 valence electrons. The van der Waals surface area contributed by atoms with Crippen LogP contribution in [-0.4, -0.2) is 23.3 Å². The second-order valence-corrected chi connectivity index (χ2v) is 5.11. The van der Waals surface area contributed by atoms with Gasteiger partial charge in [0.15, 0.2) is 0 Å². The molecule has 0 aliphatic heterocycles. The van der Waals surface area contributed by atoms with Gasteiger partial charge in [-0.2, -0.15) is 0 Å². The number of nitrogens with one attached hydrogen (secondary N) is 1. The van der Waals surface area contributed by atoms with Gasteiger partial charge in [-0.15, -0.1) is 0 Å². The molecule has 6 heteroatoms. The molecule has 19 heavy (non-hydrogen) atoms. The molecule has 0 fully saturated rings. The second kappa shape index (κ2) is 5.99. The number of benzene rings is 1. The molecule has 0 bridgehead atoms. The van der Waals surface area contributed by atoms with E-state index < -0.39 is 23.6 Å². The Balaban J connectivity index is 2.91. The zero-order valence-corrected chi connectivity index (χ0v) is 11.2. The Kier molecular flexibility index (Phi) is 4.85. The van der Waals surface area contributed by atoms with Gasteiger partial charge in [0.2, 0.25) is 0 Å². The van der Waals surface area contributed by atoms with E-state index in [1.54, 1.807) is 20.8 Å². The molecular weight excluding hydrogens is 251 g/mol. The lowest BCUT2D eigenvalue weighted by atomic mass is 10.1. The van der Waals surface area contributed by atoms with Gasteiger partial charge in [0, 0.05) is 12.1 Å². The van der Waals surface area contributed by atoms with Gasteiger partial charge in [-0.3, -0.25) is 5.32 Å². The Morgan fingerprint density at radius 3 is 2.68 bits per heavy atom. The van der Waals surface area contributed by atoms with Crippen molar-refractivity contribution in [1.82, 2.24) is 0 Å². The summed E-state index contributed by atoms with van der Waals surface area (Å²) in [6.07, 6.45) is -1.73. The summed E-state index contributed by atoms with van der Waals surface area (Å²) >= 11 is 0. The van der Waals surface area contributed by atoms with E-state index in [1.165, 1.54) is 12.1 Å². The molecule has 1 amide bonds. The fourth-order valence-electron chi connectivity index (χ4n) is 1.46. The number of anilines is 1. The van der Waals surface area contributed by atoms with E-state index in [-0.39, 0.29) is 17.8 Å². The van der Waals surface area contributed by atoms with Crippen molar-refractivity contribution in [2.24, 2.45) is 5.73 Å². The van der Waals surface area contributed by atoms with Gasteiger partial charge in [-0.25, -0.2) is 9.18 Å². The molecule has 1 rings (SSSR count). The molecular formula is C13H19FN2O3. The van der Waals surface area contributed by atoms with Crippen molar-refractivity contribution in [3.63, 3.8) is 0 Å². The lowest BCUT2D eigenvalue weighted by molar-refractivity contribution is 0.0635. The molecule has 4 N–H and O–H groups in total. The second-order valence-electron chi connectivity index (χ2n) is 5.11. The van der Waals surface area contributed by atoms with Gasteiger partial charge in [0.25, 0.3) is 0 Å². The first kappa shape index (κ1) is 15.4. The number of hydrogen-bond donors (Lipinski definition) is 3. The lowest BCUT2D eigenvalue weighted by Crippen LogP contribution is -2.28. The van der Waals surface area contributed by atoms with Crippen molar-refractivity contribution in [2.45, 2.75) is 32.5 Å². The fourth-order valence-corrected chi connectivity index (χ4v) is 1.46. The Labute approximate surface area is 111 Å². The number of ether oxygens (including phenoxy) is 1. The zero-order chi connectivity index (χ0) is 14.6. The highest BCUT2D eigenvalue weighted by Gasteiger charge is 2.19. The maximum Gasteiger partial charge on any atom is 0.412 e. The predicted octanol–water partition coefficient (Wildman–Crippen LogP) is 2.16. The highest BCUT2D eigenvalue weighted by atomic mass is 19.1. The first-order valence-electron chi connectivity index (χ1n) is 5.90. The van der Waals surface area contributed by atoms with Gasteiger partial charge in [-0.05, 0) is 39.0 Å². The molecule has 1 aromatic rings. The monoisotopic (exact) mass is 270 g/mol. The molecule has 0 aliphatic rings. The molecule has 0 spiro atoms. The maximum atomic E-state index is 13.2. The van der Waals surface area contributed by atoms with E-state index in [4.69, 9.17) is 10.5 Å². The van der Waals surface area contributed by atoms with Crippen LogP contribution in [0.4, 0.5) is 14.9 Å². The summed E-state index contributed by atoms with van der Waals surface area (Å²) in [5, 5.41) is 12.2. The maximum absolute atomic E-state index is 13.2. The van der Waals surface area contributed by atoms with Gasteiger partial charge in [-0.1, -0.05) is 0 Å². The number of amides is 1. The van der Waals surface area contributed by atoms with Crippen LogP contribution in [0.1, 0.15) is 32.4 Å². The third kappa shape index (κ3) is 4.84. The zero-order valence-electron chi connectivity index (χ0n) is 11.2. The average Bonchev–Trinajstić information content (AvgIpc) is 2.28. The Bertz CT molecular complexity index is 458. The third-order valence-electron chi connectivity index (χ3n) is 2.23. The first-order valence-corrected chi connectivity index (χ1v) is 5.90. The first-order chi connectivity index (χ1) is 8.73. The average molecular weight is 270 g/mol. The smallest absolute Gasteiger partial charge is 0.412 e. The number of aliphatic hydroxyl groups excluding tert-OH is 1. The molecule has 5 nitrogen and oxygen atoms in total. The van der Waals surface area contributed by atoms with E-state index in [0.29, 0.717) is 0 Å². The molecule has 1 aromatic carbocycles. The molecule has 1 atom stereocenters. The van der Waals surface area contributed by atoms with Crippen molar-refractivity contribution in [2.75, 3.05) is 11.9 Å². The van der Waals surface area contributed by atoms with E-state index in [2.05, 4.69) is 5.32 Å². The molecule has 0 saturated heterocycles. The van der Waals surface area contributed by atoms with Crippen molar-refractivity contribution >= 4 is 11.8 Å². The van der Waals surface area contributed by atoms with Crippen LogP contribution in [0.5, 0.6) is 0 Å². The number of carbonyl (C=O) groups excluding carboxylic acids is 1. The summed E-state index contributed by atoms with van der Waals surface area (Å²) in [5.41, 5.74) is 5.19. The normalized spacial score (nSPS) is 12.9. The minimum absolute atomic E-state index is 0.0769. The van der Waals surface area contributed by atoms with E-state index in [0.717, 1.165) is 6.07 Å². The van der Waals surface area contributed by atoms with Gasteiger partial charge in [0.05, 0.1) is 11.8 Å². The Morgan fingerprint density at radius 1 is 1.53 bits per heavy atom. The van der Waals surface area contributed by atoms with Crippen LogP contribution in [-0.2, 0) is 4.74 Å². The quantitative estimate of drug-likeness (QED) is 0.785. The largest absolute Gasteiger partial charge is 0.444 e. The van der Waals surface area contributed by atoms with Crippen molar-refractivity contribution in [3.8, 4) is 0 Å². The molecule has 0 aromatic heterocycles. The van der Waals surface area contributed by atoms with Gasteiger partial charge < -0.3 is 15.6 Å². The fraction of sp³-hybridized carbons (Fsp3) is 0.462. The van der Waals surface area contributed by atoms with Crippen molar-refractivity contribution in [3.05, 3.63) is 29.6 Å². The van der Waals surface area contributed by atoms with E-state index in [9.17, 15) is 14.3 Å².